The third-order valence-corrected chi connectivity index (χ3v) is 14.8. The Labute approximate surface area is 262 Å². The molecule has 3 rings (SSSR count). The minimum Gasteiger partial charge on any atom is -0.444 e. The molecular formula is C33H46ClN5O3Si. The summed E-state index contributed by atoms with van der Waals surface area (Å²) in [6.45, 7) is 20.5. The van der Waals surface area contributed by atoms with Gasteiger partial charge in [-0.25, -0.2) is 9.78 Å². The van der Waals surface area contributed by atoms with Crippen molar-refractivity contribution in [3.8, 4) is 22.6 Å². The number of carbonyl (C=O) groups excluding carboxylic acids is 2. The first-order valence-electron chi connectivity index (χ1n) is 14.8. The Morgan fingerprint density at radius 2 is 1.65 bits per heavy atom. The van der Waals surface area contributed by atoms with Gasteiger partial charge in [0, 0.05) is 30.6 Å². The van der Waals surface area contributed by atoms with Crippen molar-refractivity contribution in [1.29, 1.82) is 0 Å². The van der Waals surface area contributed by atoms with Gasteiger partial charge in [0.15, 0.2) is 0 Å². The normalized spacial score (nSPS) is 12.8. The second-order valence-electron chi connectivity index (χ2n) is 13.1. The number of nitrogens with one attached hydrogen (secondary N) is 1. The number of anilines is 1. The van der Waals surface area contributed by atoms with Gasteiger partial charge in [-0.05, 0) is 50.4 Å². The molecule has 1 unspecified atom stereocenters. The Morgan fingerprint density at radius 1 is 1.05 bits per heavy atom. The summed E-state index contributed by atoms with van der Waals surface area (Å²) >= 11 is 7.09. The van der Waals surface area contributed by atoms with Crippen LogP contribution >= 0.6 is 11.6 Å². The van der Waals surface area contributed by atoms with Crippen LogP contribution < -0.4 is 5.32 Å². The fourth-order valence-corrected chi connectivity index (χ4v) is 11.3. The maximum Gasteiger partial charge on any atom is 0.410 e. The van der Waals surface area contributed by atoms with Crippen LogP contribution in [0.2, 0.25) is 21.6 Å². The van der Waals surface area contributed by atoms with Crippen molar-refractivity contribution >= 4 is 48.4 Å². The summed E-state index contributed by atoms with van der Waals surface area (Å²) in [4.78, 5) is 32.0. The number of hydrogen-bond donors (Lipinski definition) is 1. The zero-order chi connectivity index (χ0) is 32.4. The van der Waals surface area contributed by atoms with Crippen LogP contribution in [-0.4, -0.2) is 58.4 Å². The van der Waals surface area contributed by atoms with Crippen molar-refractivity contribution < 1.29 is 14.3 Å². The fraction of sp³-hybridized carbons (Fsp3) is 0.515. The van der Waals surface area contributed by atoms with Crippen LogP contribution in [0, 0.1) is 11.5 Å². The van der Waals surface area contributed by atoms with Gasteiger partial charge in [0.2, 0.25) is 5.91 Å². The van der Waals surface area contributed by atoms with E-state index < -0.39 is 31.7 Å². The number of carbonyl (C=O) groups is 2. The molecule has 232 valence electrons. The lowest BCUT2D eigenvalue weighted by Crippen LogP contribution is -2.45. The van der Waals surface area contributed by atoms with Crippen molar-refractivity contribution in [2.24, 2.45) is 7.05 Å². The molecule has 0 fully saturated rings. The fourth-order valence-electron chi connectivity index (χ4n) is 5.82. The first kappa shape index (κ1) is 34.1. The van der Waals surface area contributed by atoms with E-state index in [4.69, 9.17) is 21.3 Å². The summed E-state index contributed by atoms with van der Waals surface area (Å²) in [6.07, 6.45) is 1.21. The molecule has 0 aliphatic heterocycles. The molecule has 3 aromatic rings. The van der Waals surface area contributed by atoms with Gasteiger partial charge in [0.05, 0.1) is 16.7 Å². The van der Waals surface area contributed by atoms with Crippen LogP contribution in [0.15, 0.2) is 30.5 Å². The molecule has 8 nitrogen and oxygen atoms in total. The summed E-state index contributed by atoms with van der Waals surface area (Å²) in [7, 11) is 1.31. The van der Waals surface area contributed by atoms with E-state index in [1.54, 1.807) is 44.6 Å². The van der Waals surface area contributed by atoms with Crippen molar-refractivity contribution in [3.63, 3.8) is 0 Å². The molecule has 2 amide bonds. The van der Waals surface area contributed by atoms with Crippen LogP contribution in [0.1, 0.15) is 74.9 Å². The molecule has 1 aromatic carbocycles. The number of hydrogen-bond acceptors (Lipinski definition) is 5. The molecule has 0 radical (unpaired) electrons. The third-order valence-electron chi connectivity index (χ3n) is 8.17. The number of pyridine rings is 1. The maximum atomic E-state index is 13.4. The van der Waals surface area contributed by atoms with E-state index in [0.717, 1.165) is 16.5 Å². The number of halogens is 1. The quantitative estimate of drug-likeness (QED) is 0.212. The van der Waals surface area contributed by atoms with E-state index in [9.17, 15) is 9.59 Å². The van der Waals surface area contributed by atoms with E-state index in [2.05, 4.69) is 63.4 Å². The minimum absolute atomic E-state index is 0.295. The second-order valence-corrected chi connectivity index (χ2v) is 19.1. The number of nitrogens with zero attached hydrogens (tertiary/aromatic N) is 4. The molecule has 1 N–H and O–H groups in total. The minimum atomic E-state index is -2.11. The van der Waals surface area contributed by atoms with E-state index in [1.807, 2.05) is 25.2 Å². The van der Waals surface area contributed by atoms with Gasteiger partial charge in [-0.15, -0.1) is 5.54 Å². The van der Waals surface area contributed by atoms with Crippen LogP contribution in [-0.2, 0) is 16.6 Å². The van der Waals surface area contributed by atoms with E-state index >= 15 is 0 Å². The number of ether oxygens (including phenoxy) is 1. The molecular weight excluding hydrogens is 578 g/mol. The van der Waals surface area contributed by atoms with Crippen molar-refractivity contribution in [2.75, 3.05) is 12.4 Å². The molecule has 1 atom stereocenters. The zero-order valence-electron chi connectivity index (χ0n) is 27.6. The maximum absolute atomic E-state index is 13.4. The molecule has 0 aliphatic rings. The lowest BCUT2D eigenvalue weighted by molar-refractivity contribution is -0.120. The Kier molecular flexibility index (Phi) is 10.4. The van der Waals surface area contributed by atoms with Gasteiger partial charge < -0.3 is 10.1 Å². The highest BCUT2D eigenvalue weighted by atomic mass is 35.5. The number of para-hydroxylation sites is 1. The van der Waals surface area contributed by atoms with Gasteiger partial charge in [0.25, 0.3) is 0 Å². The largest absolute Gasteiger partial charge is 0.444 e. The molecule has 2 aromatic heterocycles. The smallest absolute Gasteiger partial charge is 0.410 e. The summed E-state index contributed by atoms with van der Waals surface area (Å²) in [6, 6.07) is 6.85. The van der Waals surface area contributed by atoms with Crippen LogP contribution in [0.3, 0.4) is 0 Å². The number of aryl methyl sites for hydroxylation is 1. The van der Waals surface area contributed by atoms with Crippen LogP contribution in [0.5, 0.6) is 0 Å². The lowest BCUT2D eigenvalue weighted by atomic mass is 10.0. The topological polar surface area (TPSA) is 89.4 Å². The monoisotopic (exact) mass is 623 g/mol. The van der Waals surface area contributed by atoms with Gasteiger partial charge in [0.1, 0.15) is 31.2 Å². The molecule has 0 spiro atoms. The predicted molar refractivity (Wildman–Crippen MR) is 179 cm³/mol. The number of fused-ring (bicyclic) bond motifs is 1. The summed E-state index contributed by atoms with van der Waals surface area (Å²) in [5.41, 5.74) is 7.14. The summed E-state index contributed by atoms with van der Waals surface area (Å²) in [5, 5.41) is 8.71. The SMILES string of the molecule is CC(C(=O)Nc1cc(-c2cccc3cnn(C)c23)c(Cl)c(C#C[Si](C(C)C)(C(C)C)C(C)C)n1)N(C)C(=O)OC(C)(C)C. The average molecular weight is 624 g/mol. The van der Waals surface area contributed by atoms with Gasteiger partial charge >= 0.3 is 6.09 Å². The zero-order valence-corrected chi connectivity index (χ0v) is 29.3. The molecule has 10 heteroatoms. The van der Waals surface area contributed by atoms with Gasteiger partial charge in [-0.2, -0.15) is 5.10 Å². The highest BCUT2D eigenvalue weighted by Gasteiger charge is 2.41. The molecule has 0 saturated carbocycles. The predicted octanol–water partition coefficient (Wildman–Crippen LogP) is 8.05. The van der Waals surface area contributed by atoms with Crippen LogP contribution in [0.25, 0.3) is 22.0 Å². The Bertz CT molecular complexity index is 1540. The van der Waals surface area contributed by atoms with Crippen molar-refractivity contribution in [2.45, 2.75) is 97.5 Å². The summed E-state index contributed by atoms with van der Waals surface area (Å²) < 4.78 is 7.25. The molecule has 0 aliphatic carbocycles. The van der Waals surface area contributed by atoms with Crippen molar-refractivity contribution in [1.82, 2.24) is 19.7 Å². The molecule has 43 heavy (non-hydrogen) atoms. The number of amides is 2. The number of aromatic nitrogens is 3. The number of likely N-dealkylation sites (N-methyl/N-ethyl adjacent to an activating group) is 1. The van der Waals surface area contributed by atoms with Crippen LogP contribution in [0.4, 0.5) is 10.6 Å². The molecule has 0 saturated heterocycles. The Hall–Kier alpha value is -3.35. The second kappa shape index (κ2) is 13.1. The number of benzene rings is 1. The first-order chi connectivity index (χ1) is 19.9. The first-order valence-corrected chi connectivity index (χ1v) is 17.4. The standard InChI is InChI=1S/C33H46ClN5O3Si/c1-20(2)43(21(3)4,22(5)6)17-16-27-29(34)26(25-15-13-14-24-19-35-39(12)30(24)25)18-28(36-27)37-31(40)23(7)38(11)32(41)42-33(8,9)10/h13-15,18-23H,1-12H3,(H,36,37,40). The third kappa shape index (κ3) is 7.24. The number of rotatable bonds is 7. The Balaban J connectivity index is 2.18. The van der Waals surface area contributed by atoms with Crippen molar-refractivity contribution in [3.05, 3.63) is 41.2 Å². The van der Waals surface area contributed by atoms with Gasteiger partial charge in [-0.1, -0.05) is 77.3 Å². The highest BCUT2D eigenvalue weighted by molar-refractivity contribution is 6.90. The summed E-state index contributed by atoms with van der Waals surface area (Å²) in [5.74, 6) is 3.26. The van der Waals surface area contributed by atoms with Gasteiger partial charge in [-0.3, -0.25) is 14.4 Å². The molecule has 0 bridgehead atoms. The van der Waals surface area contributed by atoms with E-state index in [0.29, 0.717) is 38.7 Å². The highest BCUT2D eigenvalue weighted by Crippen LogP contribution is 2.41. The van der Waals surface area contributed by atoms with E-state index in [-0.39, 0.29) is 0 Å². The lowest BCUT2D eigenvalue weighted by Gasteiger charge is -2.38. The Morgan fingerprint density at radius 3 is 2.21 bits per heavy atom. The average Bonchev–Trinajstić information content (AvgIpc) is 3.28. The molecule has 2 heterocycles. The van der Waals surface area contributed by atoms with E-state index in [1.165, 1.54) is 11.9 Å².